The first-order chi connectivity index (χ1) is 9.83. The van der Waals surface area contributed by atoms with E-state index in [4.69, 9.17) is 13.9 Å². The van der Waals surface area contributed by atoms with Gasteiger partial charge in [-0.25, -0.2) is 0 Å². The predicted octanol–water partition coefficient (Wildman–Crippen LogP) is 1.87. The van der Waals surface area contributed by atoms with Gasteiger partial charge in [0.2, 0.25) is 11.8 Å². The number of nitrogens with one attached hydrogen (secondary N) is 1. The zero-order valence-corrected chi connectivity index (χ0v) is 11.8. The second-order valence-electron chi connectivity index (χ2n) is 4.25. The summed E-state index contributed by atoms with van der Waals surface area (Å²) < 4.78 is 15.7. The summed E-state index contributed by atoms with van der Waals surface area (Å²) in [6.45, 7) is 2.16. The maximum absolute atomic E-state index is 5.59. The maximum atomic E-state index is 5.59. The van der Waals surface area contributed by atoms with E-state index in [1.807, 2.05) is 24.3 Å². The highest BCUT2D eigenvalue weighted by Crippen LogP contribution is 2.20. The van der Waals surface area contributed by atoms with Crippen LogP contribution in [0, 0.1) is 0 Å². The number of nitrogens with zero attached hydrogens (tertiary/aromatic N) is 2. The molecule has 0 unspecified atom stereocenters. The standard InChI is InChI=1S/C14H19N3O3/c1-18-9-3-8-15-10-13-16-17-14(20-13)11-4-6-12(19-2)7-5-11/h4-7,15H,3,8-10H2,1-2H3. The van der Waals surface area contributed by atoms with Crippen molar-refractivity contribution in [1.82, 2.24) is 15.5 Å². The Kier molecular flexibility index (Phi) is 5.52. The molecule has 20 heavy (non-hydrogen) atoms. The van der Waals surface area contributed by atoms with Crippen LogP contribution in [0.15, 0.2) is 28.7 Å². The molecule has 0 fully saturated rings. The molecule has 1 aromatic carbocycles. The Morgan fingerprint density at radius 2 is 1.95 bits per heavy atom. The first kappa shape index (κ1) is 14.5. The molecular weight excluding hydrogens is 258 g/mol. The molecule has 0 amide bonds. The fraction of sp³-hybridized carbons (Fsp3) is 0.429. The van der Waals surface area contributed by atoms with E-state index >= 15 is 0 Å². The number of benzene rings is 1. The van der Waals surface area contributed by atoms with Crippen LogP contribution in [0.1, 0.15) is 12.3 Å². The number of rotatable bonds is 8. The summed E-state index contributed by atoms with van der Waals surface area (Å²) in [5.74, 6) is 1.89. The lowest BCUT2D eigenvalue weighted by molar-refractivity contribution is 0.194. The molecule has 1 heterocycles. The van der Waals surface area contributed by atoms with Gasteiger partial charge in [-0.2, -0.15) is 0 Å². The molecule has 1 N–H and O–H groups in total. The van der Waals surface area contributed by atoms with Gasteiger partial charge in [-0.15, -0.1) is 10.2 Å². The normalized spacial score (nSPS) is 10.7. The van der Waals surface area contributed by atoms with Crippen molar-refractivity contribution in [3.05, 3.63) is 30.2 Å². The van der Waals surface area contributed by atoms with Gasteiger partial charge in [0.15, 0.2) is 0 Å². The topological polar surface area (TPSA) is 69.4 Å². The molecular formula is C14H19N3O3. The summed E-state index contributed by atoms with van der Waals surface area (Å²) in [5.41, 5.74) is 0.879. The van der Waals surface area contributed by atoms with Crippen LogP contribution in [0.4, 0.5) is 0 Å². The molecule has 0 radical (unpaired) electrons. The summed E-state index contributed by atoms with van der Waals surface area (Å²) >= 11 is 0. The second kappa shape index (κ2) is 7.62. The molecule has 0 saturated heterocycles. The van der Waals surface area contributed by atoms with E-state index in [1.54, 1.807) is 14.2 Å². The number of hydrogen-bond donors (Lipinski definition) is 1. The molecule has 0 spiro atoms. The Bertz CT molecular complexity index is 511. The van der Waals surface area contributed by atoms with E-state index in [1.165, 1.54) is 0 Å². The van der Waals surface area contributed by atoms with Crippen LogP contribution in [-0.2, 0) is 11.3 Å². The predicted molar refractivity (Wildman–Crippen MR) is 74.5 cm³/mol. The zero-order chi connectivity index (χ0) is 14.2. The third-order valence-corrected chi connectivity index (χ3v) is 2.78. The van der Waals surface area contributed by atoms with Gasteiger partial charge in [0.25, 0.3) is 0 Å². The van der Waals surface area contributed by atoms with E-state index in [0.717, 1.165) is 30.9 Å². The van der Waals surface area contributed by atoms with Crippen LogP contribution in [0.3, 0.4) is 0 Å². The van der Waals surface area contributed by atoms with Gasteiger partial charge in [-0.05, 0) is 37.2 Å². The van der Waals surface area contributed by atoms with Crippen LogP contribution in [0.2, 0.25) is 0 Å². The number of aromatic nitrogens is 2. The van der Waals surface area contributed by atoms with Crippen LogP contribution in [-0.4, -0.2) is 37.6 Å². The van der Waals surface area contributed by atoms with Gasteiger partial charge in [0.1, 0.15) is 5.75 Å². The minimum atomic E-state index is 0.515. The van der Waals surface area contributed by atoms with Crippen molar-refractivity contribution in [3.63, 3.8) is 0 Å². The second-order valence-corrected chi connectivity index (χ2v) is 4.25. The van der Waals surface area contributed by atoms with Gasteiger partial charge in [0.05, 0.1) is 13.7 Å². The van der Waals surface area contributed by atoms with Crippen molar-refractivity contribution in [3.8, 4) is 17.2 Å². The van der Waals surface area contributed by atoms with Gasteiger partial charge < -0.3 is 19.2 Å². The highest BCUT2D eigenvalue weighted by molar-refractivity contribution is 5.53. The van der Waals surface area contributed by atoms with Crippen molar-refractivity contribution in [2.75, 3.05) is 27.4 Å². The van der Waals surface area contributed by atoms with Crippen molar-refractivity contribution < 1.29 is 13.9 Å². The van der Waals surface area contributed by atoms with Crippen molar-refractivity contribution in [2.24, 2.45) is 0 Å². The average molecular weight is 277 g/mol. The highest BCUT2D eigenvalue weighted by atomic mass is 16.5. The van der Waals surface area contributed by atoms with E-state index in [-0.39, 0.29) is 0 Å². The molecule has 0 bridgehead atoms. The minimum Gasteiger partial charge on any atom is -0.497 e. The molecule has 0 saturated carbocycles. The van der Waals surface area contributed by atoms with Crippen LogP contribution >= 0.6 is 0 Å². The third-order valence-electron chi connectivity index (χ3n) is 2.78. The number of hydrogen-bond acceptors (Lipinski definition) is 6. The van der Waals surface area contributed by atoms with E-state index in [0.29, 0.717) is 18.3 Å². The third kappa shape index (κ3) is 4.04. The molecule has 1 aromatic heterocycles. The molecule has 108 valence electrons. The Balaban J connectivity index is 1.87. The maximum Gasteiger partial charge on any atom is 0.247 e. The van der Waals surface area contributed by atoms with E-state index in [9.17, 15) is 0 Å². The lowest BCUT2D eigenvalue weighted by Gasteiger charge is -2.00. The molecule has 6 heteroatoms. The quantitative estimate of drug-likeness (QED) is 0.743. The number of ether oxygens (including phenoxy) is 2. The summed E-state index contributed by atoms with van der Waals surface area (Å²) in [5, 5.41) is 11.3. The van der Waals surface area contributed by atoms with E-state index < -0.39 is 0 Å². The van der Waals surface area contributed by atoms with Crippen molar-refractivity contribution in [1.29, 1.82) is 0 Å². The molecule has 0 aliphatic carbocycles. The average Bonchev–Trinajstić information content (AvgIpc) is 2.96. The van der Waals surface area contributed by atoms with Gasteiger partial charge in [-0.3, -0.25) is 0 Å². The number of methoxy groups -OCH3 is 2. The fourth-order valence-corrected chi connectivity index (χ4v) is 1.71. The smallest absolute Gasteiger partial charge is 0.247 e. The van der Waals surface area contributed by atoms with Crippen LogP contribution in [0.25, 0.3) is 11.5 Å². The lowest BCUT2D eigenvalue weighted by Crippen LogP contribution is -2.16. The highest BCUT2D eigenvalue weighted by Gasteiger charge is 2.08. The Labute approximate surface area is 118 Å². The molecule has 2 rings (SSSR count). The van der Waals surface area contributed by atoms with Crippen LogP contribution in [0.5, 0.6) is 5.75 Å². The van der Waals surface area contributed by atoms with E-state index in [2.05, 4.69) is 15.5 Å². The summed E-state index contributed by atoms with van der Waals surface area (Å²) in [7, 11) is 3.33. The molecule has 0 aliphatic heterocycles. The summed E-state index contributed by atoms with van der Waals surface area (Å²) in [6.07, 6.45) is 0.954. The van der Waals surface area contributed by atoms with Gasteiger partial charge >= 0.3 is 0 Å². The monoisotopic (exact) mass is 277 g/mol. The molecule has 6 nitrogen and oxygen atoms in total. The Morgan fingerprint density at radius 3 is 2.65 bits per heavy atom. The molecule has 2 aromatic rings. The first-order valence-corrected chi connectivity index (χ1v) is 6.50. The summed E-state index contributed by atoms with van der Waals surface area (Å²) in [4.78, 5) is 0. The largest absolute Gasteiger partial charge is 0.497 e. The minimum absolute atomic E-state index is 0.515. The molecule has 0 atom stereocenters. The van der Waals surface area contributed by atoms with Gasteiger partial charge in [-0.1, -0.05) is 0 Å². The van der Waals surface area contributed by atoms with Crippen molar-refractivity contribution >= 4 is 0 Å². The fourth-order valence-electron chi connectivity index (χ4n) is 1.71. The Hall–Kier alpha value is -1.92. The first-order valence-electron chi connectivity index (χ1n) is 6.50. The van der Waals surface area contributed by atoms with Crippen molar-refractivity contribution in [2.45, 2.75) is 13.0 Å². The zero-order valence-electron chi connectivity index (χ0n) is 11.8. The SMILES string of the molecule is COCCCNCc1nnc(-c2ccc(OC)cc2)o1. The summed E-state index contributed by atoms with van der Waals surface area (Å²) in [6, 6.07) is 7.51. The van der Waals surface area contributed by atoms with Crippen LogP contribution < -0.4 is 10.1 Å². The van der Waals surface area contributed by atoms with Gasteiger partial charge in [0, 0.05) is 19.3 Å². The Morgan fingerprint density at radius 1 is 1.15 bits per heavy atom. The molecule has 0 aliphatic rings. The lowest BCUT2D eigenvalue weighted by atomic mass is 10.2.